The molecule has 4 aromatic carbocycles. The minimum Gasteiger partial charge on any atom is -0.325 e. The minimum absolute atomic E-state index is 0.0808. The molecule has 204 valence electrons. The standard InChI is InChI=1S/C35H32N4O2/c1-23(2)39-24(3)36-31-21-22-38(32-16-10-9-15-30(32)33(31)39)35(41)26-17-19-27(20-18-26)37-34(40)29-14-8-7-13-28(29)25-11-5-4-6-12-25/h4-20,23H,21-22H2,1-3H3,(H,37,40). The van der Waals surface area contributed by atoms with Crippen molar-refractivity contribution < 1.29 is 9.59 Å². The van der Waals surface area contributed by atoms with Gasteiger partial charge in [-0.1, -0.05) is 66.7 Å². The molecule has 0 fully saturated rings. The van der Waals surface area contributed by atoms with Crippen molar-refractivity contribution in [3.63, 3.8) is 0 Å². The quantitative estimate of drug-likeness (QED) is 0.250. The fourth-order valence-corrected chi connectivity index (χ4v) is 5.75. The van der Waals surface area contributed by atoms with E-state index in [1.54, 1.807) is 24.3 Å². The molecule has 0 aliphatic carbocycles. The Morgan fingerprint density at radius 2 is 1.46 bits per heavy atom. The molecule has 0 atom stereocenters. The minimum atomic E-state index is -0.198. The van der Waals surface area contributed by atoms with E-state index in [1.165, 1.54) is 0 Å². The van der Waals surface area contributed by atoms with Crippen LogP contribution in [-0.2, 0) is 6.42 Å². The molecule has 2 amide bonds. The van der Waals surface area contributed by atoms with Gasteiger partial charge in [0.2, 0.25) is 0 Å². The van der Waals surface area contributed by atoms with Crippen LogP contribution in [0, 0.1) is 6.92 Å². The summed E-state index contributed by atoms with van der Waals surface area (Å²) >= 11 is 0. The van der Waals surface area contributed by atoms with E-state index in [4.69, 9.17) is 4.98 Å². The van der Waals surface area contributed by atoms with Gasteiger partial charge < -0.3 is 14.8 Å². The number of carbonyl (C=O) groups is 2. The van der Waals surface area contributed by atoms with Gasteiger partial charge in [0.1, 0.15) is 5.82 Å². The number of hydrogen-bond acceptors (Lipinski definition) is 3. The Morgan fingerprint density at radius 3 is 2.20 bits per heavy atom. The lowest BCUT2D eigenvalue weighted by Gasteiger charge is -2.24. The number of benzene rings is 4. The third-order valence-corrected chi connectivity index (χ3v) is 7.59. The van der Waals surface area contributed by atoms with Crippen molar-refractivity contribution in [2.45, 2.75) is 33.2 Å². The number of aryl methyl sites for hydroxylation is 1. The third kappa shape index (κ3) is 4.93. The number of anilines is 2. The Balaban J connectivity index is 1.25. The monoisotopic (exact) mass is 540 g/mol. The predicted molar refractivity (Wildman–Crippen MR) is 164 cm³/mol. The summed E-state index contributed by atoms with van der Waals surface area (Å²) in [6, 6.07) is 32.9. The maximum absolute atomic E-state index is 13.8. The SMILES string of the molecule is Cc1nc2c(n1C(C)C)-c1ccccc1N(C(=O)c1ccc(NC(=O)c3ccccc3-c3ccccc3)cc1)CC2. The molecule has 6 rings (SSSR count). The number of carbonyl (C=O) groups excluding carboxylic acids is 2. The normalized spacial score (nSPS) is 12.4. The number of hydrogen-bond donors (Lipinski definition) is 1. The van der Waals surface area contributed by atoms with Gasteiger partial charge in [0, 0.05) is 41.4 Å². The summed E-state index contributed by atoms with van der Waals surface area (Å²) in [6.07, 6.45) is 0.672. The molecule has 0 unspecified atom stereocenters. The summed E-state index contributed by atoms with van der Waals surface area (Å²) in [7, 11) is 0. The van der Waals surface area contributed by atoms with Crippen molar-refractivity contribution in [2.24, 2.45) is 0 Å². The van der Waals surface area contributed by atoms with Gasteiger partial charge in [-0.25, -0.2) is 4.98 Å². The van der Waals surface area contributed by atoms with Gasteiger partial charge >= 0.3 is 0 Å². The number of amides is 2. The number of imidazole rings is 1. The van der Waals surface area contributed by atoms with E-state index in [-0.39, 0.29) is 17.9 Å². The molecular formula is C35H32N4O2. The van der Waals surface area contributed by atoms with Gasteiger partial charge in [0.25, 0.3) is 11.8 Å². The molecule has 41 heavy (non-hydrogen) atoms. The van der Waals surface area contributed by atoms with Gasteiger partial charge in [0.05, 0.1) is 17.1 Å². The summed E-state index contributed by atoms with van der Waals surface area (Å²) in [6.45, 7) is 6.89. The highest BCUT2D eigenvalue weighted by atomic mass is 16.2. The first-order valence-electron chi connectivity index (χ1n) is 14.0. The molecular weight excluding hydrogens is 508 g/mol. The number of nitrogens with one attached hydrogen (secondary N) is 1. The van der Waals surface area contributed by atoms with E-state index in [2.05, 4.69) is 29.8 Å². The number of para-hydroxylation sites is 1. The van der Waals surface area contributed by atoms with Crippen LogP contribution in [-0.4, -0.2) is 27.9 Å². The Bertz CT molecular complexity index is 1740. The lowest BCUT2D eigenvalue weighted by molar-refractivity contribution is 0.0986. The smallest absolute Gasteiger partial charge is 0.258 e. The largest absolute Gasteiger partial charge is 0.325 e. The first-order valence-corrected chi connectivity index (χ1v) is 14.0. The highest BCUT2D eigenvalue weighted by Gasteiger charge is 2.29. The summed E-state index contributed by atoms with van der Waals surface area (Å²) in [5.74, 6) is 0.711. The van der Waals surface area contributed by atoms with Crippen LogP contribution in [0.3, 0.4) is 0 Å². The highest BCUT2D eigenvalue weighted by molar-refractivity contribution is 6.10. The van der Waals surface area contributed by atoms with Gasteiger partial charge in [-0.05, 0) is 68.3 Å². The second-order valence-corrected chi connectivity index (χ2v) is 10.6. The zero-order valence-electron chi connectivity index (χ0n) is 23.5. The average Bonchev–Trinajstić information content (AvgIpc) is 3.25. The first-order chi connectivity index (χ1) is 19.9. The van der Waals surface area contributed by atoms with Gasteiger partial charge in [-0.3, -0.25) is 9.59 Å². The molecule has 1 N–H and O–H groups in total. The summed E-state index contributed by atoms with van der Waals surface area (Å²) in [4.78, 5) is 33.8. The zero-order valence-corrected chi connectivity index (χ0v) is 23.5. The molecule has 0 saturated heterocycles. The van der Waals surface area contributed by atoms with Crippen molar-refractivity contribution in [2.75, 3.05) is 16.8 Å². The Labute approximate surface area is 240 Å². The Kier molecular flexibility index (Phi) is 6.98. The van der Waals surface area contributed by atoms with Crippen molar-refractivity contribution in [1.82, 2.24) is 9.55 Å². The topological polar surface area (TPSA) is 67.2 Å². The van der Waals surface area contributed by atoms with E-state index in [9.17, 15) is 9.59 Å². The van der Waals surface area contributed by atoms with Crippen LogP contribution < -0.4 is 10.2 Å². The van der Waals surface area contributed by atoms with Crippen LogP contribution >= 0.6 is 0 Å². The molecule has 5 aromatic rings. The molecule has 1 aliphatic heterocycles. The summed E-state index contributed by atoms with van der Waals surface area (Å²) in [5, 5.41) is 3.00. The highest BCUT2D eigenvalue weighted by Crippen LogP contribution is 2.39. The molecule has 1 aliphatic rings. The van der Waals surface area contributed by atoms with E-state index in [1.807, 2.05) is 84.6 Å². The Hall–Kier alpha value is -4.97. The third-order valence-electron chi connectivity index (χ3n) is 7.59. The Morgan fingerprint density at radius 1 is 0.805 bits per heavy atom. The second kappa shape index (κ2) is 10.9. The number of aromatic nitrogens is 2. The average molecular weight is 541 g/mol. The van der Waals surface area contributed by atoms with E-state index >= 15 is 0 Å². The van der Waals surface area contributed by atoms with Crippen molar-refractivity contribution in [1.29, 1.82) is 0 Å². The van der Waals surface area contributed by atoms with Gasteiger partial charge in [-0.15, -0.1) is 0 Å². The number of nitrogens with zero attached hydrogens (tertiary/aromatic N) is 3. The number of rotatable bonds is 5. The van der Waals surface area contributed by atoms with Crippen molar-refractivity contribution >= 4 is 23.2 Å². The number of fused-ring (bicyclic) bond motifs is 3. The van der Waals surface area contributed by atoms with Gasteiger partial charge in [-0.2, -0.15) is 0 Å². The van der Waals surface area contributed by atoms with E-state index < -0.39 is 0 Å². The van der Waals surface area contributed by atoms with Crippen LogP contribution in [0.25, 0.3) is 22.4 Å². The molecule has 6 heteroatoms. The van der Waals surface area contributed by atoms with Crippen molar-refractivity contribution in [3.8, 4) is 22.4 Å². The van der Waals surface area contributed by atoms with Crippen LogP contribution in [0.1, 0.15) is 52.1 Å². The van der Waals surface area contributed by atoms with Crippen LogP contribution in [0.15, 0.2) is 103 Å². The summed E-state index contributed by atoms with van der Waals surface area (Å²) in [5.41, 5.74) is 7.65. The molecule has 0 radical (unpaired) electrons. The molecule has 0 spiro atoms. The lowest BCUT2D eigenvalue weighted by Crippen LogP contribution is -2.32. The molecule has 2 heterocycles. The van der Waals surface area contributed by atoms with Crippen LogP contribution in [0.5, 0.6) is 0 Å². The first kappa shape index (κ1) is 26.3. The molecule has 1 aromatic heterocycles. The molecule has 0 bridgehead atoms. The summed E-state index contributed by atoms with van der Waals surface area (Å²) < 4.78 is 2.26. The fraction of sp³-hybridized carbons (Fsp3) is 0.171. The second-order valence-electron chi connectivity index (χ2n) is 10.6. The van der Waals surface area contributed by atoms with Crippen molar-refractivity contribution in [3.05, 3.63) is 126 Å². The molecule has 0 saturated carbocycles. The predicted octanol–water partition coefficient (Wildman–Crippen LogP) is 7.56. The maximum Gasteiger partial charge on any atom is 0.258 e. The van der Waals surface area contributed by atoms with E-state index in [0.29, 0.717) is 29.8 Å². The molecule has 6 nitrogen and oxygen atoms in total. The van der Waals surface area contributed by atoms with E-state index in [0.717, 1.165) is 39.6 Å². The maximum atomic E-state index is 13.8. The fourth-order valence-electron chi connectivity index (χ4n) is 5.75. The van der Waals surface area contributed by atoms with Crippen LogP contribution in [0.4, 0.5) is 11.4 Å². The van der Waals surface area contributed by atoms with Gasteiger partial charge in [0.15, 0.2) is 0 Å². The lowest BCUT2D eigenvalue weighted by atomic mass is 9.99. The van der Waals surface area contributed by atoms with Crippen LogP contribution in [0.2, 0.25) is 0 Å². The zero-order chi connectivity index (χ0) is 28.5.